The Kier molecular flexibility index (Phi) is 4.03. The zero-order valence-corrected chi connectivity index (χ0v) is 12.7. The number of nitrogens with zero attached hydrogens (tertiary/aromatic N) is 2. The third kappa shape index (κ3) is 3.04. The molecular formula is C19H15N3O. The topological polar surface area (TPSA) is 50.1 Å². The summed E-state index contributed by atoms with van der Waals surface area (Å²) in [4.78, 5) is 22.2. The van der Waals surface area contributed by atoms with Gasteiger partial charge in [0.05, 0.1) is 6.57 Å². The van der Waals surface area contributed by atoms with E-state index in [0.29, 0.717) is 6.42 Å². The second kappa shape index (κ2) is 6.29. The Morgan fingerprint density at radius 1 is 1.30 bits per heavy atom. The summed E-state index contributed by atoms with van der Waals surface area (Å²) in [6.07, 6.45) is 5.92. The van der Waals surface area contributed by atoms with E-state index < -0.39 is 0 Å². The Hall–Kier alpha value is -3.19. The monoisotopic (exact) mass is 301 g/mol. The highest BCUT2D eigenvalue weighted by Crippen LogP contribution is 2.25. The van der Waals surface area contributed by atoms with Gasteiger partial charge in [-0.05, 0) is 30.5 Å². The highest BCUT2D eigenvalue weighted by molar-refractivity contribution is 5.95. The number of nitrogens with one attached hydrogen (secondary N) is 1. The molecule has 112 valence electrons. The van der Waals surface area contributed by atoms with Crippen LogP contribution in [-0.2, 0) is 11.2 Å². The lowest BCUT2D eigenvalue weighted by molar-refractivity contribution is -0.113. The predicted octanol–water partition coefficient (Wildman–Crippen LogP) is 4.16. The highest BCUT2D eigenvalue weighted by atomic mass is 16.1. The van der Waals surface area contributed by atoms with Gasteiger partial charge < -0.3 is 9.78 Å². The second-order valence-corrected chi connectivity index (χ2v) is 5.26. The zero-order chi connectivity index (χ0) is 16.2. The fraction of sp³-hybridized carbons (Fsp3) is 0.105. The third-order valence-electron chi connectivity index (χ3n) is 3.72. The Morgan fingerprint density at radius 3 is 2.78 bits per heavy atom. The fourth-order valence-corrected chi connectivity index (χ4v) is 2.49. The summed E-state index contributed by atoms with van der Waals surface area (Å²) in [5.41, 5.74) is 4.15. The molecule has 1 N–H and O–H groups in total. The van der Waals surface area contributed by atoms with E-state index in [1.807, 2.05) is 42.7 Å². The number of aromatic amines is 1. The molecule has 0 aliphatic heterocycles. The molecule has 2 heterocycles. The third-order valence-corrected chi connectivity index (χ3v) is 3.72. The van der Waals surface area contributed by atoms with Crippen LogP contribution >= 0.6 is 0 Å². The van der Waals surface area contributed by atoms with Crippen molar-refractivity contribution in [2.75, 3.05) is 0 Å². The maximum absolute atomic E-state index is 11.3. The van der Waals surface area contributed by atoms with Gasteiger partial charge in [0, 0.05) is 23.3 Å². The summed E-state index contributed by atoms with van der Waals surface area (Å²) in [5.74, 6) is -0.206. The van der Waals surface area contributed by atoms with Crippen molar-refractivity contribution in [1.29, 1.82) is 0 Å². The molecule has 0 saturated heterocycles. The molecule has 0 saturated carbocycles. The van der Waals surface area contributed by atoms with Crippen LogP contribution in [0.5, 0.6) is 0 Å². The van der Waals surface area contributed by atoms with Gasteiger partial charge in [-0.2, -0.15) is 0 Å². The van der Waals surface area contributed by atoms with Gasteiger partial charge >= 0.3 is 0 Å². The van der Waals surface area contributed by atoms with Crippen LogP contribution in [0.4, 0.5) is 0 Å². The highest BCUT2D eigenvalue weighted by Gasteiger charge is 2.08. The molecule has 0 amide bonds. The molecule has 3 aromatic rings. The number of H-pyrrole nitrogens is 1. The number of carbonyl (C=O) groups excluding carboxylic acids is 1. The molecule has 0 spiro atoms. The molecule has 23 heavy (non-hydrogen) atoms. The molecule has 0 bridgehead atoms. The molecule has 0 aliphatic carbocycles. The minimum atomic E-state index is -0.206. The summed E-state index contributed by atoms with van der Waals surface area (Å²) in [6, 6.07) is 12.1. The maximum Gasteiger partial charge on any atom is 0.225 e. The first-order valence-corrected chi connectivity index (χ1v) is 7.29. The number of hydrogen-bond donors (Lipinski definition) is 1. The number of rotatable bonds is 4. The van der Waals surface area contributed by atoms with Crippen molar-refractivity contribution < 1.29 is 4.79 Å². The lowest BCUT2D eigenvalue weighted by atomic mass is 10.0. The average Bonchev–Trinajstić information content (AvgIpc) is 2.98. The second-order valence-electron chi connectivity index (χ2n) is 5.26. The van der Waals surface area contributed by atoms with Gasteiger partial charge in [-0.3, -0.25) is 0 Å². The van der Waals surface area contributed by atoms with Crippen molar-refractivity contribution in [2.24, 2.45) is 0 Å². The van der Waals surface area contributed by atoms with E-state index >= 15 is 0 Å². The van der Waals surface area contributed by atoms with Gasteiger partial charge in [-0.25, -0.2) is 9.83 Å². The fourth-order valence-electron chi connectivity index (χ4n) is 2.49. The molecule has 4 heteroatoms. The lowest BCUT2D eigenvalue weighted by Gasteiger charge is -2.02. The van der Waals surface area contributed by atoms with Crippen LogP contribution in [0.1, 0.15) is 12.5 Å². The first kappa shape index (κ1) is 14.7. The molecule has 0 aliphatic rings. The Morgan fingerprint density at radius 2 is 2.09 bits per heavy atom. The van der Waals surface area contributed by atoms with Crippen LogP contribution in [0, 0.1) is 6.57 Å². The Labute approximate surface area is 134 Å². The summed E-state index contributed by atoms with van der Waals surface area (Å²) >= 11 is 0. The van der Waals surface area contributed by atoms with E-state index in [9.17, 15) is 4.79 Å². The normalized spacial score (nSPS) is 11.4. The summed E-state index contributed by atoms with van der Waals surface area (Å²) in [6.45, 7) is 8.46. The molecule has 0 fully saturated rings. The molecule has 0 radical (unpaired) electrons. The van der Waals surface area contributed by atoms with E-state index in [-0.39, 0.29) is 11.5 Å². The van der Waals surface area contributed by atoms with Crippen molar-refractivity contribution >= 4 is 16.8 Å². The number of hydrogen-bond acceptors (Lipinski definition) is 2. The number of ketones is 1. The van der Waals surface area contributed by atoms with Gasteiger partial charge in [0.25, 0.3) is 0 Å². The molecule has 2 aromatic heterocycles. The number of benzene rings is 1. The number of Topliss-reactive ketones (excluding diaryl/α,β-unsaturated/α-hetero) is 1. The van der Waals surface area contributed by atoms with E-state index in [1.165, 1.54) is 6.92 Å². The molecule has 1 aromatic carbocycles. The quantitative estimate of drug-likeness (QED) is 0.581. The smallest absolute Gasteiger partial charge is 0.225 e. The van der Waals surface area contributed by atoms with Crippen molar-refractivity contribution in [3.63, 3.8) is 0 Å². The van der Waals surface area contributed by atoms with Crippen molar-refractivity contribution in [1.82, 2.24) is 9.97 Å². The van der Waals surface area contributed by atoms with E-state index in [4.69, 9.17) is 6.57 Å². The summed E-state index contributed by atoms with van der Waals surface area (Å²) < 4.78 is 0. The maximum atomic E-state index is 11.3. The predicted molar refractivity (Wildman–Crippen MR) is 90.6 cm³/mol. The number of pyridine rings is 1. The minimum Gasteiger partial charge on any atom is -0.346 e. The minimum absolute atomic E-state index is 0.173. The van der Waals surface area contributed by atoms with Crippen molar-refractivity contribution in [3.8, 4) is 11.1 Å². The van der Waals surface area contributed by atoms with Crippen LogP contribution in [0.25, 0.3) is 27.0 Å². The standard InChI is InChI=1S/C19H15N3O/c1-13(23)18(20-2)9-8-15-11-21-19-17(15)10-16(12-22-19)14-6-4-3-5-7-14/h3-7,9-12H,8H2,1H3,(H,21,22)/b18-9-. The van der Waals surface area contributed by atoms with E-state index in [0.717, 1.165) is 27.7 Å². The van der Waals surface area contributed by atoms with Crippen molar-refractivity contribution in [3.05, 3.63) is 77.5 Å². The van der Waals surface area contributed by atoms with Gasteiger partial charge in [-0.1, -0.05) is 36.4 Å². The number of allylic oxidation sites excluding steroid dienone is 2. The average molecular weight is 301 g/mol. The van der Waals surface area contributed by atoms with Gasteiger partial charge in [0.1, 0.15) is 5.65 Å². The van der Waals surface area contributed by atoms with E-state index in [1.54, 1.807) is 6.08 Å². The Bertz CT molecular complexity index is 930. The van der Waals surface area contributed by atoms with Crippen LogP contribution in [0.3, 0.4) is 0 Å². The lowest BCUT2D eigenvalue weighted by Crippen LogP contribution is -1.92. The van der Waals surface area contributed by atoms with Gasteiger partial charge in [0.15, 0.2) is 5.78 Å². The first-order valence-electron chi connectivity index (χ1n) is 7.29. The zero-order valence-electron chi connectivity index (χ0n) is 12.7. The number of carbonyl (C=O) groups is 1. The van der Waals surface area contributed by atoms with Crippen LogP contribution in [-0.4, -0.2) is 15.8 Å². The molecular weight excluding hydrogens is 286 g/mol. The summed E-state index contributed by atoms with van der Waals surface area (Å²) in [5, 5.41) is 1.01. The van der Waals surface area contributed by atoms with Crippen LogP contribution in [0.15, 0.2) is 60.6 Å². The van der Waals surface area contributed by atoms with Crippen LogP contribution < -0.4 is 0 Å². The van der Waals surface area contributed by atoms with E-state index in [2.05, 4.69) is 20.9 Å². The summed E-state index contributed by atoms with van der Waals surface area (Å²) in [7, 11) is 0. The van der Waals surface area contributed by atoms with Gasteiger partial charge in [0.2, 0.25) is 5.70 Å². The van der Waals surface area contributed by atoms with Crippen LogP contribution in [0.2, 0.25) is 0 Å². The first-order chi connectivity index (χ1) is 11.2. The number of fused-ring (bicyclic) bond motifs is 1. The number of aromatic nitrogens is 2. The SMILES string of the molecule is [C-]#[N+]/C(=C\Cc1c[nH]c2ncc(-c3ccccc3)cc12)C(C)=O. The Balaban J connectivity index is 2.00. The van der Waals surface area contributed by atoms with Gasteiger partial charge in [-0.15, -0.1) is 0 Å². The molecule has 4 nitrogen and oxygen atoms in total. The largest absolute Gasteiger partial charge is 0.346 e. The molecule has 3 rings (SSSR count). The molecule has 0 unspecified atom stereocenters. The van der Waals surface area contributed by atoms with Crippen molar-refractivity contribution in [2.45, 2.75) is 13.3 Å². The molecule has 0 atom stereocenters.